The van der Waals surface area contributed by atoms with Gasteiger partial charge in [-0.2, -0.15) is 0 Å². The molecule has 106 valence electrons. The number of rotatable bonds is 6. The minimum atomic E-state index is 0.487. The summed E-state index contributed by atoms with van der Waals surface area (Å²) in [7, 11) is 0. The average molecular weight is 270 g/mol. The van der Waals surface area contributed by atoms with Gasteiger partial charge in [-0.1, -0.05) is 26.0 Å². The number of anilines is 1. The van der Waals surface area contributed by atoms with E-state index in [2.05, 4.69) is 43.2 Å². The van der Waals surface area contributed by atoms with E-state index in [4.69, 9.17) is 4.74 Å². The largest absolute Gasteiger partial charge is 0.487 e. The fourth-order valence-corrected chi connectivity index (χ4v) is 1.99. The molecule has 3 nitrogen and oxygen atoms in total. The van der Waals surface area contributed by atoms with E-state index in [1.165, 1.54) is 5.56 Å². The van der Waals surface area contributed by atoms with Gasteiger partial charge in [0.05, 0.1) is 5.69 Å². The Hall–Kier alpha value is -2.03. The van der Waals surface area contributed by atoms with Gasteiger partial charge in [-0.3, -0.25) is 4.98 Å². The zero-order valence-electron chi connectivity index (χ0n) is 12.4. The van der Waals surface area contributed by atoms with Crippen LogP contribution in [0.3, 0.4) is 0 Å². The molecule has 1 N–H and O–H groups in total. The van der Waals surface area contributed by atoms with Gasteiger partial charge in [-0.25, -0.2) is 0 Å². The molecule has 0 aliphatic carbocycles. The van der Waals surface area contributed by atoms with Crippen molar-refractivity contribution in [2.75, 3.05) is 11.9 Å². The summed E-state index contributed by atoms with van der Waals surface area (Å²) in [6, 6.07) is 12.2. The molecule has 0 amide bonds. The summed E-state index contributed by atoms with van der Waals surface area (Å²) in [6.45, 7) is 7.83. The molecule has 2 aromatic rings. The molecule has 0 saturated heterocycles. The second-order valence-electron chi connectivity index (χ2n) is 5.08. The van der Waals surface area contributed by atoms with Crippen LogP contribution in [-0.2, 0) is 6.61 Å². The SMILES string of the molecule is CCNc1ccnc(COc2cccc(C(C)C)c2)c1. The summed E-state index contributed by atoms with van der Waals surface area (Å²) >= 11 is 0. The molecule has 0 unspecified atom stereocenters. The van der Waals surface area contributed by atoms with E-state index in [0.717, 1.165) is 23.7 Å². The summed E-state index contributed by atoms with van der Waals surface area (Å²) in [5, 5.41) is 3.27. The second-order valence-corrected chi connectivity index (χ2v) is 5.08. The third-order valence-corrected chi connectivity index (χ3v) is 3.11. The Morgan fingerprint density at radius 2 is 2.05 bits per heavy atom. The molecule has 20 heavy (non-hydrogen) atoms. The van der Waals surface area contributed by atoms with Crippen molar-refractivity contribution in [2.24, 2.45) is 0 Å². The van der Waals surface area contributed by atoms with Crippen LogP contribution in [0.25, 0.3) is 0 Å². The number of hydrogen-bond acceptors (Lipinski definition) is 3. The van der Waals surface area contributed by atoms with E-state index in [9.17, 15) is 0 Å². The maximum atomic E-state index is 5.83. The van der Waals surface area contributed by atoms with E-state index in [-0.39, 0.29) is 0 Å². The predicted molar refractivity (Wildman–Crippen MR) is 83.3 cm³/mol. The number of hydrogen-bond donors (Lipinski definition) is 1. The van der Waals surface area contributed by atoms with Crippen molar-refractivity contribution in [2.45, 2.75) is 33.3 Å². The van der Waals surface area contributed by atoms with E-state index >= 15 is 0 Å². The molecule has 1 aromatic heterocycles. The maximum Gasteiger partial charge on any atom is 0.130 e. The molecule has 0 bridgehead atoms. The lowest BCUT2D eigenvalue weighted by atomic mass is 10.0. The van der Waals surface area contributed by atoms with E-state index in [1.807, 2.05) is 24.3 Å². The first kappa shape index (κ1) is 14.4. The van der Waals surface area contributed by atoms with Crippen LogP contribution in [0.5, 0.6) is 5.75 Å². The highest BCUT2D eigenvalue weighted by Crippen LogP contribution is 2.21. The number of nitrogens with zero attached hydrogens (tertiary/aromatic N) is 1. The Labute approximate surface area is 121 Å². The van der Waals surface area contributed by atoms with Crippen molar-refractivity contribution < 1.29 is 4.74 Å². The minimum Gasteiger partial charge on any atom is -0.487 e. The van der Waals surface area contributed by atoms with E-state index in [0.29, 0.717) is 12.5 Å². The fraction of sp³-hybridized carbons (Fsp3) is 0.353. The van der Waals surface area contributed by atoms with Gasteiger partial charge in [-0.05, 0) is 42.7 Å². The standard InChI is InChI=1S/C17H22N2O/c1-4-18-15-8-9-19-16(11-15)12-20-17-7-5-6-14(10-17)13(2)3/h5-11,13H,4,12H2,1-3H3,(H,18,19). The van der Waals surface area contributed by atoms with Crippen molar-refractivity contribution in [1.82, 2.24) is 4.98 Å². The minimum absolute atomic E-state index is 0.487. The molecule has 0 radical (unpaired) electrons. The normalized spacial score (nSPS) is 10.6. The van der Waals surface area contributed by atoms with Crippen LogP contribution in [0.4, 0.5) is 5.69 Å². The van der Waals surface area contributed by atoms with Crippen LogP contribution in [-0.4, -0.2) is 11.5 Å². The highest BCUT2D eigenvalue weighted by atomic mass is 16.5. The van der Waals surface area contributed by atoms with Crippen molar-refractivity contribution in [3.8, 4) is 5.75 Å². The van der Waals surface area contributed by atoms with E-state index < -0.39 is 0 Å². The van der Waals surface area contributed by atoms with Crippen molar-refractivity contribution in [3.05, 3.63) is 53.9 Å². The average Bonchev–Trinajstić information content (AvgIpc) is 2.46. The molecule has 0 saturated carbocycles. The first-order chi connectivity index (χ1) is 9.69. The molecular formula is C17H22N2O. The predicted octanol–water partition coefficient (Wildman–Crippen LogP) is 4.22. The quantitative estimate of drug-likeness (QED) is 0.853. The van der Waals surface area contributed by atoms with Crippen LogP contribution in [0.1, 0.15) is 37.9 Å². The Morgan fingerprint density at radius 1 is 1.20 bits per heavy atom. The van der Waals surface area contributed by atoms with Gasteiger partial charge in [0, 0.05) is 18.4 Å². The zero-order valence-corrected chi connectivity index (χ0v) is 12.4. The van der Waals surface area contributed by atoms with Gasteiger partial charge in [-0.15, -0.1) is 0 Å². The number of pyridine rings is 1. The highest BCUT2D eigenvalue weighted by Gasteiger charge is 2.02. The fourth-order valence-electron chi connectivity index (χ4n) is 1.99. The number of benzene rings is 1. The third kappa shape index (κ3) is 3.98. The van der Waals surface area contributed by atoms with Gasteiger partial charge in [0.2, 0.25) is 0 Å². The van der Waals surface area contributed by atoms with Crippen molar-refractivity contribution >= 4 is 5.69 Å². The topological polar surface area (TPSA) is 34.2 Å². The second kappa shape index (κ2) is 6.94. The highest BCUT2D eigenvalue weighted by molar-refractivity contribution is 5.43. The summed E-state index contributed by atoms with van der Waals surface area (Å²) in [5.41, 5.74) is 3.30. The lowest BCUT2D eigenvalue weighted by molar-refractivity contribution is 0.301. The molecule has 2 rings (SSSR count). The van der Waals surface area contributed by atoms with Crippen LogP contribution in [0, 0.1) is 0 Å². The lowest BCUT2D eigenvalue weighted by Gasteiger charge is -2.10. The smallest absolute Gasteiger partial charge is 0.130 e. The summed E-state index contributed by atoms with van der Waals surface area (Å²) in [4.78, 5) is 4.33. The van der Waals surface area contributed by atoms with Gasteiger partial charge in [0.25, 0.3) is 0 Å². The molecule has 1 aromatic carbocycles. The Bertz CT molecular complexity index is 552. The zero-order chi connectivity index (χ0) is 14.4. The molecular weight excluding hydrogens is 248 g/mol. The number of aromatic nitrogens is 1. The van der Waals surface area contributed by atoms with Crippen LogP contribution < -0.4 is 10.1 Å². The Morgan fingerprint density at radius 3 is 2.80 bits per heavy atom. The molecule has 0 aliphatic heterocycles. The Kier molecular flexibility index (Phi) is 4.99. The molecule has 0 aliphatic rings. The maximum absolute atomic E-state index is 5.83. The molecule has 1 heterocycles. The lowest BCUT2D eigenvalue weighted by Crippen LogP contribution is -2.02. The number of nitrogens with one attached hydrogen (secondary N) is 1. The van der Waals surface area contributed by atoms with Gasteiger partial charge in [0.1, 0.15) is 12.4 Å². The summed E-state index contributed by atoms with van der Waals surface area (Å²) < 4.78 is 5.83. The monoisotopic (exact) mass is 270 g/mol. The van der Waals surface area contributed by atoms with Crippen molar-refractivity contribution in [3.63, 3.8) is 0 Å². The summed E-state index contributed by atoms with van der Waals surface area (Å²) in [5.74, 6) is 1.40. The van der Waals surface area contributed by atoms with Gasteiger partial charge < -0.3 is 10.1 Å². The third-order valence-electron chi connectivity index (χ3n) is 3.11. The first-order valence-electron chi connectivity index (χ1n) is 7.10. The first-order valence-corrected chi connectivity index (χ1v) is 7.10. The van der Waals surface area contributed by atoms with E-state index in [1.54, 1.807) is 6.20 Å². The van der Waals surface area contributed by atoms with Gasteiger partial charge >= 0.3 is 0 Å². The van der Waals surface area contributed by atoms with Crippen LogP contribution >= 0.6 is 0 Å². The number of ether oxygens (including phenoxy) is 1. The Balaban J connectivity index is 2.01. The molecule has 3 heteroatoms. The molecule has 0 spiro atoms. The molecule has 0 atom stereocenters. The molecule has 0 fully saturated rings. The van der Waals surface area contributed by atoms with Crippen LogP contribution in [0.15, 0.2) is 42.6 Å². The van der Waals surface area contributed by atoms with Gasteiger partial charge in [0.15, 0.2) is 0 Å². The van der Waals surface area contributed by atoms with Crippen molar-refractivity contribution in [1.29, 1.82) is 0 Å². The van der Waals surface area contributed by atoms with Crippen LogP contribution in [0.2, 0.25) is 0 Å². The summed E-state index contributed by atoms with van der Waals surface area (Å²) in [6.07, 6.45) is 1.81.